The van der Waals surface area contributed by atoms with Gasteiger partial charge < -0.3 is 14.6 Å². The second-order valence-electron chi connectivity index (χ2n) is 10.0. The Morgan fingerprint density at radius 2 is 2.12 bits per heavy atom. The van der Waals surface area contributed by atoms with Crippen LogP contribution in [0.3, 0.4) is 0 Å². The van der Waals surface area contributed by atoms with Gasteiger partial charge in [0.1, 0.15) is 11.9 Å². The lowest BCUT2D eigenvalue weighted by atomic mass is 9.61. The first-order valence-electron chi connectivity index (χ1n) is 11.4. The van der Waals surface area contributed by atoms with Crippen molar-refractivity contribution in [1.29, 1.82) is 0 Å². The number of amides is 2. The van der Waals surface area contributed by atoms with Gasteiger partial charge in [0.05, 0.1) is 6.54 Å². The molecule has 174 valence electrons. The lowest BCUT2D eigenvalue weighted by Gasteiger charge is -2.45. The zero-order chi connectivity index (χ0) is 22.8. The Balaban J connectivity index is 1.57. The molecule has 4 unspecified atom stereocenters. The molecule has 9 heteroatoms. The SMILES string of the molecule is COC1(N(C(=O)O)[C@@H]2CC3=CN=CCC45CC(C)CC[C@H]4OC(=C35)C2)C(=O)N(O)CC1C. The van der Waals surface area contributed by atoms with Crippen molar-refractivity contribution >= 4 is 18.2 Å². The molecule has 0 aromatic rings. The first kappa shape index (κ1) is 21.5. The molecule has 2 N–H and O–H groups in total. The summed E-state index contributed by atoms with van der Waals surface area (Å²) < 4.78 is 12.1. The average molecular weight is 446 g/mol. The minimum absolute atomic E-state index is 0.00365. The van der Waals surface area contributed by atoms with Crippen LogP contribution in [0.25, 0.3) is 0 Å². The molecule has 0 bridgehead atoms. The quantitative estimate of drug-likeness (QED) is 0.510. The van der Waals surface area contributed by atoms with Gasteiger partial charge in [-0.05, 0) is 43.6 Å². The molecule has 3 aliphatic heterocycles. The van der Waals surface area contributed by atoms with Gasteiger partial charge in [0.2, 0.25) is 5.72 Å². The van der Waals surface area contributed by atoms with Gasteiger partial charge in [0, 0.05) is 48.9 Å². The molecule has 5 aliphatic rings. The highest BCUT2D eigenvalue weighted by Gasteiger charge is 2.62. The van der Waals surface area contributed by atoms with Crippen LogP contribution in [0.5, 0.6) is 0 Å². The molecule has 2 aliphatic carbocycles. The lowest BCUT2D eigenvalue weighted by molar-refractivity contribution is -0.193. The molecule has 1 saturated carbocycles. The van der Waals surface area contributed by atoms with E-state index < -0.39 is 29.7 Å². The van der Waals surface area contributed by atoms with E-state index in [1.165, 1.54) is 12.7 Å². The molecule has 2 amide bonds. The summed E-state index contributed by atoms with van der Waals surface area (Å²) >= 11 is 0. The first-order chi connectivity index (χ1) is 15.2. The molecule has 3 heterocycles. The van der Waals surface area contributed by atoms with Crippen molar-refractivity contribution in [2.24, 2.45) is 22.2 Å². The molecule has 1 spiro atoms. The first-order valence-corrected chi connectivity index (χ1v) is 11.4. The molecule has 9 nitrogen and oxygen atoms in total. The second kappa shape index (κ2) is 7.31. The van der Waals surface area contributed by atoms with Crippen LogP contribution in [0.2, 0.25) is 0 Å². The zero-order valence-corrected chi connectivity index (χ0v) is 18.8. The number of hydrogen-bond donors (Lipinski definition) is 2. The number of hydroxylamine groups is 2. The second-order valence-corrected chi connectivity index (χ2v) is 10.0. The largest absolute Gasteiger partial charge is 0.493 e. The van der Waals surface area contributed by atoms with Gasteiger partial charge >= 0.3 is 6.09 Å². The third-order valence-electron chi connectivity index (χ3n) is 8.20. The normalized spacial score (nSPS) is 40.4. The third kappa shape index (κ3) is 2.73. The zero-order valence-electron chi connectivity index (χ0n) is 18.8. The van der Waals surface area contributed by atoms with Gasteiger partial charge in [-0.3, -0.25) is 19.9 Å². The maximum absolute atomic E-state index is 13.0. The Hall–Kier alpha value is -2.39. The van der Waals surface area contributed by atoms with Gasteiger partial charge in [-0.15, -0.1) is 0 Å². The summed E-state index contributed by atoms with van der Waals surface area (Å²) in [5, 5.41) is 20.9. The monoisotopic (exact) mass is 445 g/mol. The van der Waals surface area contributed by atoms with Gasteiger partial charge in [0.25, 0.3) is 5.91 Å². The Bertz CT molecular complexity index is 944. The van der Waals surface area contributed by atoms with Gasteiger partial charge in [-0.1, -0.05) is 13.8 Å². The van der Waals surface area contributed by atoms with Gasteiger partial charge in [0.15, 0.2) is 0 Å². The van der Waals surface area contributed by atoms with Crippen LogP contribution >= 0.6 is 0 Å². The van der Waals surface area contributed by atoms with Gasteiger partial charge in [-0.2, -0.15) is 0 Å². The summed E-state index contributed by atoms with van der Waals surface area (Å²) in [6.07, 6.45) is 7.35. The maximum Gasteiger partial charge on any atom is 0.410 e. The summed E-state index contributed by atoms with van der Waals surface area (Å²) in [7, 11) is 1.32. The molecule has 0 aromatic heterocycles. The Labute approximate surface area is 187 Å². The number of ether oxygens (including phenoxy) is 2. The van der Waals surface area contributed by atoms with Crippen molar-refractivity contribution in [2.45, 2.75) is 70.2 Å². The van der Waals surface area contributed by atoms with E-state index in [0.717, 1.165) is 41.9 Å². The van der Waals surface area contributed by atoms with Crippen LogP contribution in [0.15, 0.2) is 28.1 Å². The Morgan fingerprint density at radius 3 is 2.78 bits per heavy atom. The minimum atomic E-state index is -1.78. The number of carbonyl (C=O) groups excluding carboxylic acids is 1. The van der Waals surface area contributed by atoms with E-state index >= 15 is 0 Å². The van der Waals surface area contributed by atoms with Crippen molar-refractivity contribution in [3.8, 4) is 0 Å². The number of nitrogens with zero attached hydrogens (tertiary/aromatic N) is 3. The summed E-state index contributed by atoms with van der Waals surface area (Å²) in [4.78, 5) is 31.1. The third-order valence-corrected chi connectivity index (χ3v) is 8.20. The van der Waals surface area contributed by atoms with E-state index in [-0.39, 0.29) is 18.1 Å². The molecule has 5 rings (SSSR count). The van der Waals surface area contributed by atoms with Gasteiger partial charge in [-0.25, -0.2) is 9.86 Å². The molecule has 2 fully saturated rings. The van der Waals surface area contributed by atoms with E-state index in [0.29, 0.717) is 23.8 Å². The van der Waals surface area contributed by atoms with Crippen LogP contribution in [0.4, 0.5) is 4.79 Å². The summed E-state index contributed by atoms with van der Waals surface area (Å²) in [5.74, 6) is 0.117. The van der Waals surface area contributed by atoms with E-state index in [1.807, 2.05) is 12.4 Å². The molecular formula is C23H31N3O6. The fraction of sp³-hybridized carbons (Fsp3) is 0.696. The van der Waals surface area contributed by atoms with Crippen LogP contribution in [-0.4, -0.2) is 70.0 Å². The number of hydrogen-bond acceptors (Lipinski definition) is 6. The molecular weight excluding hydrogens is 414 g/mol. The fourth-order valence-corrected chi connectivity index (χ4v) is 6.94. The molecule has 0 aromatic carbocycles. The highest BCUT2D eigenvalue weighted by Crippen LogP contribution is 2.60. The Kier molecular flexibility index (Phi) is 4.90. The van der Waals surface area contributed by atoms with Crippen molar-refractivity contribution in [3.05, 3.63) is 23.1 Å². The molecule has 6 atom stereocenters. The molecule has 32 heavy (non-hydrogen) atoms. The van der Waals surface area contributed by atoms with E-state index in [2.05, 4.69) is 11.9 Å². The lowest BCUT2D eigenvalue weighted by Crippen LogP contribution is -2.64. The standard InChI is InChI=1S/C23H31N3O6/c1-13-4-5-18-22(10-13)6-7-24-11-15-8-16(9-17(32-18)19(15)22)26(21(28)29)23(31-3)14(2)12-25(30)20(23)27/h7,11,13-14,16,18,30H,4-6,8-10,12H2,1-3H3,(H,28,29)/t13?,14?,16-,18-,22?,23?/m1/s1. The summed E-state index contributed by atoms with van der Waals surface area (Å²) in [5.41, 5.74) is 0.303. The number of carbonyl (C=O) groups is 2. The predicted molar refractivity (Wildman–Crippen MR) is 114 cm³/mol. The van der Waals surface area contributed by atoms with E-state index in [1.54, 1.807) is 6.92 Å². The minimum Gasteiger partial charge on any atom is -0.493 e. The Morgan fingerprint density at radius 1 is 1.34 bits per heavy atom. The number of rotatable bonds is 3. The van der Waals surface area contributed by atoms with Crippen molar-refractivity contribution in [1.82, 2.24) is 9.96 Å². The average Bonchev–Trinajstić information content (AvgIpc) is 3.08. The smallest absolute Gasteiger partial charge is 0.410 e. The van der Waals surface area contributed by atoms with Crippen molar-refractivity contribution < 1.29 is 29.4 Å². The van der Waals surface area contributed by atoms with Crippen LogP contribution in [0.1, 0.15) is 52.4 Å². The highest BCUT2D eigenvalue weighted by molar-refractivity contribution is 5.90. The van der Waals surface area contributed by atoms with Crippen LogP contribution in [-0.2, 0) is 14.3 Å². The molecule has 1 saturated heterocycles. The maximum atomic E-state index is 13.0. The van der Waals surface area contributed by atoms with E-state index in [4.69, 9.17) is 9.47 Å². The summed E-state index contributed by atoms with van der Waals surface area (Å²) in [6, 6.07) is -0.571. The number of methoxy groups -OCH3 is 1. The predicted octanol–water partition coefficient (Wildman–Crippen LogP) is 3.16. The van der Waals surface area contributed by atoms with E-state index in [9.17, 15) is 19.9 Å². The topological polar surface area (TPSA) is 112 Å². The molecule has 0 radical (unpaired) electrons. The highest BCUT2D eigenvalue weighted by atomic mass is 16.6. The van der Waals surface area contributed by atoms with Crippen molar-refractivity contribution in [3.63, 3.8) is 0 Å². The van der Waals surface area contributed by atoms with Crippen LogP contribution < -0.4 is 0 Å². The summed E-state index contributed by atoms with van der Waals surface area (Å²) in [6.45, 7) is 4.00. The fourth-order valence-electron chi connectivity index (χ4n) is 6.94. The van der Waals surface area contributed by atoms with Crippen molar-refractivity contribution in [2.75, 3.05) is 13.7 Å². The number of carboxylic acid groups (broad SMARTS) is 1. The van der Waals surface area contributed by atoms with Crippen LogP contribution in [0, 0.1) is 17.3 Å². The number of aliphatic imine (C=N–C) groups is 1.